The van der Waals surface area contributed by atoms with E-state index in [-0.39, 0.29) is 5.82 Å². The lowest BCUT2D eigenvalue weighted by Gasteiger charge is -1.99. The van der Waals surface area contributed by atoms with Gasteiger partial charge in [0.15, 0.2) is 0 Å². The molecule has 0 heterocycles. The quantitative estimate of drug-likeness (QED) is 0.606. The molecule has 0 aliphatic carbocycles. The smallest absolute Gasteiger partial charge is 0.123 e. The first kappa shape index (κ1) is 6.98. The lowest BCUT2D eigenvalue weighted by atomic mass is 10.3. The van der Waals surface area contributed by atoms with E-state index in [4.69, 9.17) is 5.90 Å². The van der Waals surface area contributed by atoms with Crippen LogP contribution in [-0.2, 0) is 4.94 Å². The molecule has 1 aromatic carbocycles. The van der Waals surface area contributed by atoms with E-state index >= 15 is 0 Å². The Hall–Kier alpha value is -1.13. The number of halogens is 1. The van der Waals surface area contributed by atoms with Gasteiger partial charge in [-0.05, 0) is 24.3 Å². The van der Waals surface area contributed by atoms with Crippen LogP contribution in [0.25, 0.3) is 0 Å². The van der Waals surface area contributed by atoms with Crippen molar-refractivity contribution in [3.63, 3.8) is 0 Å². The second kappa shape index (κ2) is 3.14. The minimum absolute atomic E-state index is 0.289. The van der Waals surface area contributed by atoms with Gasteiger partial charge in [-0.1, -0.05) is 0 Å². The molecule has 0 fully saturated rings. The summed E-state index contributed by atoms with van der Waals surface area (Å²) in [4.78, 5) is 4.10. The molecule has 0 spiro atoms. The topological polar surface area (TPSA) is 47.3 Å². The zero-order valence-corrected chi connectivity index (χ0v) is 5.17. The van der Waals surface area contributed by atoms with Gasteiger partial charge in [0, 0.05) is 0 Å². The molecule has 1 rings (SSSR count). The largest absolute Gasteiger partial charge is 0.248 e. The van der Waals surface area contributed by atoms with Crippen LogP contribution in [0.3, 0.4) is 0 Å². The van der Waals surface area contributed by atoms with E-state index in [2.05, 4.69) is 10.4 Å². The molecule has 4 heteroatoms. The van der Waals surface area contributed by atoms with E-state index in [1.165, 1.54) is 24.3 Å². The van der Waals surface area contributed by atoms with Gasteiger partial charge in [-0.15, -0.1) is 0 Å². The van der Waals surface area contributed by atoms with Crippen molar-refractivity contribution in [1.29, 1.82) is 0 Å². The Morgan fingerprint density at radius 1 is 1.30 bits per heavy atom. The maximum atomic E-state index is 12.2. The summed E-state index contributed by atoms with van der Waals surface area (Å²) in [7, 11) is 0. The highest BCUT2D eigenvalue weighted by Crippen LogP contribution is 2.06. The van der Waals surface area contributed by atoms with Gasteiger partial charge in [-0.25, -0.2) is 9.87 Å². The molecule has 0 bridgehead atoms. The highest BCUT2D eigenvalue weighted by molar-refractivity contribution is 5.40. The maximum absolute atomic E-state index is 12.2. The molecule has 54 valence electrons. The van der Waals surface area contributed by atoms with Crippen LogP contribution in [0.1, 0.15) is 0 Å². The summed E-state index contributed by atoms with van der Waals surface area (Å²) in [6.45, 7) is 0. The summed E-state index contributed by atoms with van der Waals surface area (Å²) in [6.07, 6.45) is 0. The number of nitrogens with two attached hydrogens (primary N) is 1. The van der Waals surface area contributed by atoms with Crippen LogP contribution >= 0.6 is 0 Å². The summed E-state index contributed by atoms with van der Waals surface area (Å²) in [6, 6.07) is 5.65. The summed E-state index contributed by atoms with van der Waals surface area (Å²) < 4.78 is 12.2. The zero-order valence-electron chi connectivity index (χ0n) is 5.17. The summed E-state index contributed by atoms with van der Waals surface area (Å²) in [5.41, 5.74) is 2.96. The molecule has 3 nitrogen and oxygen atoms in total. The van der Waals surface area contributed by atoms with Crippen molar-refractivity contribution in [3.05, 3.63) is 30.1 Å². The number of anilines is 1. The van der Waals surface area contributed by atoms with Gasteiger partial charge in [-0.3, -0.25) is 0 Å². The number of rotatable bonds is 2. The SMILES string of the molecule is NONc1ccc(F)cc1. The third kappa shape index (κ3) is 1.68. The van der Waals surface area contributed by atoms with E-state index in [0.29, 0.717) is 5.69 Å². The standard InChI is InChI=1S/C6H7FN2O/c7-5-1-3-6(4-2-5)9-10-8/h1-4,9H,8H2. The van der Waals surface area contributed by atoms with Crippen molar-refractivity contribution in [2.24, 2.45) is 5.90 Å². The number of benzene rings is 1. The fourth-order valence-corrected chi connectivity index (χ4v) is 0.586. The van der Waals surface area contributed by atoms with E-state index in [1.54, 1.807) is 0 Å². The molecule has 0 saturated carbocycles. The molecular formula is C6H7FN2O. The van der Waals surface area contributed by atoms with Crippen molar-refractivity contribution in [2.75, 3.05) is 5.48 Å². The molecule has 0 amide bonds. The Kier molecular flexibility index (Phi) is 2.20. The summed E-state index contributed by atoms with van der Waals surface area (Å²) >= 11 is 0. The highest BCUT2D eigenvalue weighted by Gasteiger charge is 1.89. The molecule has 10 heavy (non-hydrogen) atoms. The minimum Gasteiger partial charge on any atom is -0.248 e. The summed E-state index contributed by atoms with van der Waals surface area (Å²) in [5.74, 6) is 4.40. The highest BCUT2D eigenvalue weighted by atomic mass is 19.1. The first-order valence-corrected chi connectivity index (χ1v) is 2.70. The van der Waals surface area contributed by atoms with E-state index in [9.17, 15) is 4.39 Å². The Balaban J connectivity index is 2.69. The van der Waals surface area contributed by atoms with Crippen LogP contribution in [0.4, 0.5) is 10.1 Å². The van der Waals surface area contributed by atoms with Gasteiger partial charge in [0.1, 0.15) is 5.82 Å². The molecule has 0 radical (unpaired) electrons. The first-order valence-electron chi connectivity index (χ1n) is 2.70. The average Bonchev–Trinajstić information content (AvgIpc) is 1.95. The molecule has 0 aliphatic heterocycles. The monoisotopic (exact) mass is 142 g/mol. The molecule has 0 unspecified atom stereocenters. The van der Waals surface area contributed by atoms with Gasteiger partial charge >= 0.3 is 0 Å². The zero-order chi connectivity index (χ0) is 7.40. The third-order valence-corrected chi connectivity index (χ3v) is 1.02. The number of nitrogens with one attached hydrogen (secondary N) is 1. The van der Waals surface area contributed by atoms with Gasteiger partial charge in [0.25, 0.3) is 0 Å². The predicted octanol–water partition coefficient (Wildman–Crippen LogP) is 1.04. The van der Waals surface area contributed by atoms with Crippen molar-refractivity contribution in [2.45, 2.75) is 0 Å². The molecule has 3 N–H and O–H groups in total. The van der Waals surface area contributed by atoms with E-state index < -0.39 is 0 Å². The Morgan fingerprint density at radius 2 is 1.90 bits per heavy atom. The van der Waals surface area contributed by atoms with Crippen LogP contribution in [0.15, 0.2) is 24.3 Å². The number of hydrogen-bond donors (Lipinski definition) is 2. The van der Waals surface area contributed by atoms with Crippen molar-refractivity contribution >= 4 is 5.69 Å². The lowest BCUT2D eigenvalue weighted by Crippen LogP contribution is -2.06. The van der Waals surface area contributed by atoms with Crippen LogP contribution in [0.2, 0.25) is 0 Å². The van der Waals surface area contributed by atoms with E-state index in [1.807, 2.05) is 0 Å². The Labute approximate surface area is 57.5 Å². The minimum atomic E-state index is -0.289. The predicted molar refractivity (Wildman–Crippen MR) is 35.3 cm³/mol. The maximum Gasteiger partial charge on any atom is 0.123 e. The molecule has 1 aromatic rings. The fraction of sp³-hybridized carbons (Fsp3) is 0. The normalized spacial score (nSPS) is 9.40. The molecular weight excluding hydrogens is 135 g/mol. The lowest BCUT2D eigenvalue weighted by molar-refractivity contribution is 0.201. The molecule has 0 atom stereocenters. The van der Waals surface area contributed by atoms with E-state index in [0.717, 1.165) is 0 Å². The van der Waals surface area contributed by atoms with Gasteiger partial charge < -0.3 is 0 Å². The van der Waals surface area contributed by atoms with Crippen LogP contribution in [0, 0.1) is 5.82 Å². The van der Waals surface area contributed by atoms with Crippen LogP contribution in [0.5, 0.6) is 0 Å². The third-order valence-electron chi connectivity index (χ3n) is 1.02. The number of hydrogen-bond acceptors (Lipinski definition) is 3. The van der Waals surface area contributed by atoms with Crippen molar-refractivity contribution < 1.29 is 9.33 Å². The molecule has 0 aliphatic rings. The van der Waals surface area contributed by atoms with Crippen molar-refractivity contribution in [1.82, 2.24) is 0 Å². The average molecular weight is 142 g/mol. The molecule has 0 aromatic heterocycles. The second-order valence-corrected chi connectivity index (χ2v) is 1.73. The molecule has 0 saturated heterocycles. The first-order chi connectivity index (χ1) is 4.83. The van der Waals surface area contributed by atoms with Crippen LogP contribution in [-0.4, -0.2) is 0 Å². The second-order valence-electron chi connectivity index (χ2n) is 1.73. The Morgan fingerprint density at radius 3 is 2.40 bits per heavy atom. The van der Waals surface area contributed by atoms with Gasteiger partial charge in [0.05, 0.1) is 5.69 Å². The Bertz CT molecular complexity index is 199. The van der Waals surface area contributed by atoms with Crippen molar-refractivity contribution in [3.8, 4) is 0 Å². The fourth-order valence-electron chi connectivity index (χ4n) is 0.586. The van der Waals surface area contributed by atoms with Gasteiger partial charge in [0.2, 0.25) is 0 Å². The summed E-state index contributed by atoms with van der Waals surface area (Å²) in [5, 5.41) is 0. The van der Waals surface area contributed by atoms with Gasteiger partial charge in [-0.2, -0.15) is 10.8 Å². The van der Waals surface area contributed by atoms with Crippen LogP contribution < -0.4 is 11.4 Å².